The zero-order valence-corrected chi connectivity index (χ0v) is 12.7. The molecule has 0 aromatic carbocycles. The van der Waals surface area contributed by atoms with Crippen LogP contribution in [0.15, 0.2) is 18.5 Å². The second kappa shape index (κ2) is 6.71. The second-order valence-electron chi connectivity index (χ2n) is 5.74. The number of hydrogen-bond acceptors (Lipinski definition) is 4. The number of carbonyl (C=O) groups is 1. The molecule has 1 aromatic heterocycles. The number of carbonyl (C=O) groups excluding carboxylic acids is 1. The number of hydrogen-bond donors (Lipinski definition) is 0. The Balaban J connectivity index is 1.66. The zero-order chi connectivity index (χ0) is 15.5. The Morgan fingerprint density at radius 3 is 3.14 bits per heavy atom. The Hall–Kier alpha value is -1.53. The number of fused-ring (bicyclic) bond motifs is 1. The van der Waals surface area contributed by atoms with Gasteiger partial charge in [-0.1, -0.05) is 0 Å². The summed E-state index contributed by atoms with van der Waals surface area (Å²) < 4.78 is 25.2. The van der Waals surface area contributed by atoms with Crippen LogP contribution >= 0.6 is 0 Å². The number of amides is 1. The van der Waals surface area contributed by atoms with Gasteiger partial charge in [-0.3, -0.25) is 9.78 Å². The van der Waals surface area contributed by atoms with Gasteiger partial charge in [0.15, 0.2) is 5.82 Å². The van der Waals surface area contributed by atoms with Gasteiger partial charge in [0.2, 0.25) is 0 Å². The van der Waals surface area contributed by atoms with E-state index in [2.05, 4.69) is 4.98 Å². The SMILES string of the molecule is CCOC[C@@H]1CC[C@H]2[C@H](CCN2C(=O)c2ccncc2F)O1. The van der Waals surface area contributed by atoms with Gasteiger partial charge < -0.3 is 14.4 Å². The summed E-state index contributed by atoms with van der Waals surface area (Å²) in [6.07, 6.45) is 5.20. The lowest BCUT2D eigenvalue weighted by Gasteiger charge is -2.35. The number of pyridine rings is 1. The molecule has 2 fully saturated rings. The van der Waals surface area contributed by atoms with Crippen LogP contribution < -0.4 is 0 Å². The van der Waals surface area contributed by atoms with E-state index in [1.54, 1.807) is 4.90 Å². The van der Waals surface area contributed by atoms with Crippen molar-refractivity contribution in [3.63, 3.8) is 0 Å². The van der Waals surface area contributed by atoms with Crippen LogP contribution in [0, 0.1) is 5.82 Å². The van der Waals surface area contributed by atoms with E-state index in [4.69, 9.17) is 9.47 Å². The third-order valence-electron chi connectivity index (χ3n) is 4.41. The largest absolute Gasteiger partial charge is 0.379 e. The maximum Gasteiger partial charge on any atom is 0.257 e. The van der Waals surface area contributed by atoms with Gasteiger partial charge in [-0.15, -0.1) is 0 Å². The van der Waals surface area contributed by atoms with Crippen LogP contribution in [0.25, 0.3) is 0 Å². The second-order valence-corrected chi connectivity index (χ2v) is 5.74. The number of halogens is 1. The molecule has 6 heteroatoms. The highest BCUT2D eigenvalue weighted by Crippen LogP contribution is 2.32. The zero-order valence-electron chi connectivity index (χ0n) is 12.7. The summed E-state index contributed by atoms with van der Waals surface area (Å²) in [5.74, 6) is -0.832. The molecule has 5 nitrogen and oxygen atoms in total. The van der Waals surface area contributed by atoms with Crippen molar-refractivity contribution in [1.29, 1.82) is 0 Å². The molecule has 2 aliphatic heterocycles. The van der Waals surface area contributed by atoms with Crippen molar-refractivity contribution in [2.75, 3.05) is 19.8 Å². The van der Waals surface area contributed by atoms with Gasteiger partial charge in [0.1, 0.15) is 0 Å². The number of rotatable bonds is 4. The monoisotopic (exact) mass is 308 g/mol. The van der Waals surface area contributed by atoms with Crippen LogP contribution in [-0.4, -0.2) is 53.8 Å². The topological polar surface area (TPSA) is 51.7 Å². The Morgan fingerprint density at radius 1 is 1.50 bits per heavy atom. The Bertz CT molecular complexity index is 540. The number of ether oxygens (including phenoxy) is 2. The van der Waals surface area contributed by atoms with Crippen LogP contribution in [-0.2, 0) is 9.47 Å². The summed E-state index contributed by atoms with van der Waals surface area (Å²) in [7, 11) is 0. The number of nitrogens with zero attached hydrogens (tertiary/aromatic N) is 2. The molecule has 1 aromatic rings. The maximum atomic E-state index is 13.8. The fourth-order valence-corrected chi connectivity index (χ4v) is 3.33. The highest BCUT2D eigenvalue weighted by atomic mass is 19.1. The molecule has 0 bridgehead atoms. The van der Waals surface area contributed by atoms with E-state index < -0.39 is 5.82 Å². The summed E-state index contributed by atoms with van der Waals surface area (Å²) in [5.41, 5.74) is 0.0899. The van der Waals surface area contributed by atoms with Crippen LogP contribution in [0.2, 0.25) is 0 Å². The van der Waals surface area contributed by atoms with Crippen LogP contribution in [0.5, 0.6) is 0 Å². The molecule has 3 heterocycles. The molecule has 3 rings (SSSR count). The van der Waals surface area contributed by atoms with Crippen molar-refractivity contribution < 1.29 is 18.7 Å². The third kappa shape index (κ3) is 2.98. The summed E-state index contributed by atoms with van der Waals surface area (Å²) in [6, 6.07) is 1.48. The average molecular weight is 308 g/mol. The first-order valence-corrected chi connectivity index (χ1v) is 7.84. The Kier molecular flexibility index (Phi) is 4.69. The summed E-state index contributed by atoms with van der Waals surface area (Å²) in [4.78, 5) is 18.0. The highest BCUT2D eigenvalue weighted by Gasteiger charge is 2.42. The van der Waals surface area contributed by atoms with Crippen LogP contribution in [0.1, 0.15) is 36.5 Å². The first kappa shape index (κ1) is 15.4. The van der Waals surface area contributed by atoms with E-state index in [1.807, 2.05) is 6.92 Å². The van der Waals surface area contributed by atoms with Gasteiger partial charge >= 0.3 is 0 Å². The first-order valence-electron chi connectivity index (χ1n) is 7.84. The normalized spacial score (nSPS) is 27.7. The lowest BCUT2D eigenvalue weighted by atomic mass is 9.99. The highest BCUT2D eigenvalue weighted by molar-refractivity contribution is 5.94. The predicted octanol–water partition coefficient (Wildman–Crippen LogP) is 2.02. The van der Waals surface area contributed by atoms with Crippen molar-refractivity contribution in [2.45, 2.75) is 44.4 Å². The van der Waals surface area contributed by atoms with E-state index in [9.17, 15) is 9.18 Å². The quantitative estimate of drug-likeness (QED) is 0.854. The molecule has 2 saturated heterocycles. The van der Waals surface area contributed by atoms with Crippen molar-refractivity contribution in [1.82, 2.24) is 9.88 Å². The fraction of sp³-hybridized carbons (Fsp3) is 0.625. The van der Waals surface area contributed by atoms with Crippen LogP contribution in [0.3, 0.4) is 0 Å². The maximum absolute atomic E-state index is 13.8. The van der Waals surface area contributed by atoms with Gasteiger partial charge in [0, 0.05) is 19.3 Å². The molecule has 1 amide bonds. The van der Waals surface area contributed by atoms with E-state index in [0.717, 1.165) is 25.5 Å². The number of aromatic nitrogens is 1. The number of likely N-dealkylation sites (tertiary alicyclic amines) is 1. The first-order chi connectivity index (χ1) is 10.7. The summed E-state index contributed by atoms with van der Waals surface area (Å²) in [6.45, 7) is 3.86. The fourth-order valence-electron chi connectivity index (χ4n) is 3.33. The summed E-state index contributed by atoms with van der Waals surface area (Å²) >= 11 is 0. The molecule has 0 unspecified atom stereocenters. The Labute approximate surface area is 129 Å². The van der Waals surface area contributed by atoms with Gasteiger partial charge in [0.05, 0.1) is 36.6 Å². The summed E-state index contributed by atoms with van der Waals surface area (Å²) in [5, 5.41) is 0. The van der Waals surface area contributed by atoms with Gasteiger partial charge in [-0.25, -0.2) is 4.39 Å². The van der Waals surface area contributed by atoms with E-state index in [0.29, 0.717) is 19.8 Å². The predicted molar refractivity (Wildman–Crippen MR) is 78.0 cm³/mol. The molecule has 3 atom stereocenters. The minimum absolute atomic E-state index is 0.0352. The lowest BCUT2D eigenvalue weighted by Crippen LogP contribution is -2.46. The van der Waals surface area contributed by atoms with E-state index in [-0.39, 0.29) is 29.7 Å². The van der Waals surface area contributed by atoms with Gasteiger partial charge in [-0.05, 0) is 32.3 Å². The molecule has 22 heavy (non-hydrogen) atoms. The van der Waals surface area contributed by atoms with Crippen molar-refractivity contribution in [3.8, 4) is 0 Å². The Morgan fingerprint density at radius 2 is 2.36 bits per heavy atom. The lowest BCUT2D eigenvalue weighted by molar-refractivity contribution is -0.0951. The standard InChI is InChI=1S/C16H21FN2O3/c1-2-21-10-11-3-4-14-15(22-11)6-8-19(14)16(20)12-5-7-18-9-13(12)17/h5,7,9,11,14-15H,2-4,6,8,10H2,1H3/t11-,14-,15-/m0/s1. The molecule has 0 N–H and O–H groups in total. The molecule has 0 spiro atoms. The minimum atomic E-state index is -0.568. The third-order valence-corrected chi connectivity index (χ3v) is 4.41. The smallest absolute Gasteiger partial charge is 0.257 e. The molecular formula is C16H21FN2O3. The molecule has 2 aliphatic rings. The van der Waals surface area contributed by atoms with Gasteiger partial charge in [-0.2, -0.15) is 0 Å². The van der Waals surface area contributed by atoms with Crippen molar-refractivity contribution in [3.05, 3.63) is 29.8 Å². The molecule has 120 valence electrons. The van der Waals surface area contributed by atoms with Crippen molar-refractivity contribution in [2.24, 2.45) is 0 Å². The molecule has 0 radical (unpaired) electrons. The van der Waals surface area contributed by atoms with Gasteiger partial charge in [0.25, 0.3) is 5.91 Å². The molecular weight excluding hydrogens is 287 g/mol. The molecule has 0 saturated carbocycles. The van der Waals surface area contributed by atoms with E-state index in [1.165, 1.54) is 12.3 Å². The van der Waals surface area contributed by atoms with Crippen molar-refractivity contribution >= 4 is 5.91 Å². The minimum Gasteiger partial charge on any atom is -0.379 e. The average Bonchev–Trinajstić information content (AvgIpc) is 2.96. The van der Waals surface area contributed by atoms with E-state index >= 15 is 0 Å². The molecule has 0 aliphatic carbocycles. The van der Waals surface area contributed by atoms with Crippen LogP contribution in [0.4, 0.5) is 4.39 Å².